The highest BCUT2D eigenvalue weighted by Gasteiger charge is 2.15. The van der Waals surface area contributed by atoms with Gasteiger partial charge in [-0.1, -0.05) is 35.3 Å². The second-order valence-corrected chi connectivity index (χ2v) is 9.40. The molecule has 0 bridgehead atoms. The Labute approximate surface area is 236 Å². The molecule has 10 heteroatoms. The molecule has 190 valence electrons. The van der Waals surface area contributed by atoms with Gasteiger partial charge in [0.1, 0.15) is 11.5 Å². The first-order chi connectivity index (χ1) is 18.3. The summed E-state index contributed by atoms with van der Waals surface area (Å²) >= 11 is 15.1. The highest BCUT2D eigenvalue weighted by atomic mass is 79.9. The summed E-state index contributed by atoms with van der Waals surface area (Å²) in [6, 6.07) is 23.6. The molecule has 38 heavy (non-hydrogen) atoms. The van der Waals surface area contributed by atoms with Gasteiger partial charge in [0, 0.05) is 26.1 Å². The molecule has 0 radical (unpaired) electrons. The van der Waals surface area contributed by atoms with Crippen molar-refractivity contribution in [2.24, 2.45) is 5.10 Å². The maximum absolute atomic E-state index is 12.8. The Bertz CT molecular complexity index is 1520. The van der Waals surface area contributed by atoms with E-state index in [1.807, 2.05) is 0 Å². The summed E-state index contributed by atoms with van der Waals surface area (Å²) in [5.41, 5.74) is 3.70. The second-order valence-electron chi connectivity index (χ2n) is 7.67. The number of carbonyl (C=O) groups is 3. The zero-order valence-corrected chi connectivity index (χ0v) is 22.5. The van der Waals surface area contributed by atoms with Gasteiger partial charge in [-0.15, -0.1) is 0 Å². The van der Waals surface area contributed by atoms with Gasteiger partial charge in [-0.05, 0) is 88.7 Å². The minimum absolute atomic E-state index is 0.0465. The Morgan fingerprint density at radius 1 is 0.763 bits per heavy atom. The number of nitrogens with zero attached hydrogens (tertiary/aromatic N) is 1. The first-order valence-corrected chi connectivity index (χ1v) is 12.5. The number of rotatable bonds is 7. The summed E-state index contributed by atoms with van der Waals surface area (Å²) in [6.07, 6.45) is 1.31. The maximum Gasteiger partial charge on any atom is 0.343 e. The van der Waals surface area contributed by atoms with Crippen molar-refractivity contribution in [1.82, 2.24) is 5.43 Å². The molecule has 0 aromatic heterocycles. The van der Waals surface area contributed by atoms with Crippen molar-refractivity contribution in [2.45, 2.75) is 0 Å². The van der Waals surface area contributed by atoms with E-state index in [0.717, 1.165) is 0 Å². The molecule has 7 nitrogen and oxygen atoms in total. The number of benzene rings is 4. The predicted molar refractivity (Wildman–Crippen MR) is 148 cm³/mol. The van der Waals surface area contributed by atoms with Gasteiger partial charge in [0.15, 0.2) is 0 Å². The Morgan fingerprint density at radius 2 is 1.34 bits per heavy atom. The summed E-state index contributed by atoms with van der Waals surface area (Å²) in [5, 5.41) is 4.93. The molecule has 4 aromatic rings. The first kappa shape index (κ1) is 27.1. The SMILES string of the molecule is O=C(Oc1ccc(/C=N/NC(=O)c2ccccc2Br)c(OC(=O)c2ccc(Cl)cc2)c1)c1ccc(Cl)cc1. The summed E-state index contributed by atoms with van der Waals surface area (Å²) in [7, 11) is 0. The van der Waals surface area contributed by atoms with Gasteiger partial charge in [-0.25, -0.2) is 15.0 Å². The Balaban J connectivity index is 1.57. The zero-order valence-electron chi connectivity index (χ0n) is 19.4. The van der Waals surface area contributed by atoms with E-state index in [4.69, 9.17) is 32.7 Å². The predicted octanol–water partition coefficient (Wildman–Crippen LogP) is 6.96. The number of nitrogens with one attached hydrogen (secondary N) is 1. The van der Waals surface area contributed by atoms with Crippen molar-refractivity contribution in [1.29, 1.82) is 0 Å². The number of hydrogen-bond acceptors (Lipinski definition) is 6. The molecular weight excluding hydrogens is 595 g/mol. The monoisotopic (exact) mass is 610 g/mol. The van der Waals surface area contributed by atoms with Gasteiger partial charge in [0.25, 0.3) is 5.91 Å². The van der Waals surface area contributed by atoms with Crippen LogP contribution in [0.1, 0.15) is 36.6 Å². The highest BCUT2D eigenvalue weighted by Crippen LogP contribution is 2.26. The largest absolute Gasteiger partial charge is 0.423 e. The molecule has 4 aromatic carbocycles. The Hall–Kier alpha value is -3.98. The van der Waals surface area contributed by atoms with Crippen molar-refractivity contribution >= 4 is 63.2 Å². The molecule has 0 saturated carbocycles. The molecule has 0 atom stereocenters. The number of ether oxygens (including phenoxy) is 2. The molecule has 0 spiro atoms. The second kappa shape index (κ2) is 12.5. The van der Waals surface area contributed by atoms with E-state index in [9.17, 15) is 14.4 Å². The van der Waals surface area contributed by atoms with Crippen LogP contribution in [0.25, 0.3) is 0 Å². The van der Waals surface area contributed by atoms with E-state index in [-0.39, 0.29) is 22.6 Å². The number of amides is 1. The van der Waals surface area contributed by atoms with E-state index < -0.39 is 17.8 Å². The van der Waals surface area contributed by atoms with Gasteiger partial charge >= 0.3 is 11.9 Å². The summed E-state index contributed by atoms with van der Waals surface area (Å²) in [4.78, 5) is 37.8. The van der Waals surface area contributed by atoms with Crippen LogP contribution in [0.3, 0.4) is 0 Å². The summed E-state index contributed by atoms with van der Waals surface area (Å²) < 4.78 is 11.6. The van der Waals surface area contributed by atoms with Crippen LogP contribution in [0.2, 0.25) is 10.0 Å². The molecule has 0 heterocycles. The quantitative estimate of drug-likeness (QED) is 0.106. The van der Waals surface area contributed by atoms with Crippen LogP contribution in [0.5, 0.6) is 11.5 Å². The average molecular weight is 612 g/mol. The lowest BCUT2D eigenvalue weighted by Crippen LogP contribution is -2.18. The van der Waals surface area contributed by atoms with Crippen LogP contribution in [0.15, 0.2) is 101 Å². The van der Waals surface area contributed by atoms with Crippen LogP contribution >= 0.6 is 39.1 Å². The Kier molecular flexibility index (Phi) is 8.91. The fraction of sp³-hybridized carbons (Fsp3) is 0. The van der Waals surface area contributed by atoms with Crippen LogP contribution in [0.4, 0.5) is 0 Å². The number of esters is 2. The van der Waals surface area contributed by atoms with Crippen molar-refractivity contribution in [3.8, 4) is 11.5 Å². The molecular formula is C28H17BrCl2N2O5. The van der Waals surface area contributed by atoms with Gasteiger partial charge in [0.05, 0.1) is 22.9 Å². The normalized spacial score (nSPS) is 10.7. The minimum Gasteiger partial charge on any atom is -0.423 e. The molecule has 0 aliphatic heterocycles. The third-order valence-electron chi connectivity index (χ3n) is 5.05. The zero-order chi connectivity index (χ0) is 27.1. The van der Waals surface area contributed by atoms with Crippen molar-refractivity contribution in [3.63, 3.8) is 0 Å². The summed E-state index contributed by atoms with van der Waals surface area (Å²) in [6.45, 7) is 0. The lowest BCUT2D eigenvalue weighted by atomic mass is 10.2. The molecule has 1 N–H and O–H groups in total. The molecule has 0 saturated heterocycles. The smallest absolute Gasteiger partial charge is 0.343 e. The minimum atomic E-state index is -0.672. The molecule has 0 aliphatic rings. The number of hydrazone groups is 1. The van der Waals surface area contributed by atoms with Gasteiger partial charge in [-0.3, -0.25) is 4.79 Å². The molecule has 1 amide bonds. The highest BCUT2D eigenvalue weighted by molar-refractivity contribution is 9.10. The van der Waals surface area contributed by atoms with Gasteiger partial charge in [0.2, 0.25) is 0 Å². The van der Waals surface area contributed by atoms with Gasteiger partial charge < -0.3 is 9.47 Å². The lowest BCUT2D eigenvalue weighted by molar-refractivity contribution is 0.0732. The van der Waals surface area contributed by atoms with Crippen LogP contribution < -0.4 is 14.9 Å². The standard InChI is InChI=1S/C28H17BrCl2N2O5/c29-24-4-2-1-3-23(24)26(34)33-32-16-19-9-14-22(37-27(35)17-5-10-20(30)11-6-17)15-25(19)38-28(36)18-7-12-21(31)13-8-18/h1-16H,(H,33,34)/b32-16+. The van der Waals surface area contributed by atoms with E-state index in [1.54, 1.807) is 48.5 Å². The lowest BCUT2D eigenvalue weighted by Gasteiger charge is -2.11. The average Bonchev–Trinajstić information content (AvgIpc) is 2.90. The summed E-state index contributed by atoms with van der Waals surface area (Å²) in [5.74, 6) is -1.57. The fourth-order valence-corrected chi connectivity index (χ4v) is 3.85. The molecule has 0 aliphatic carbocycles. The van der Waals surface area contributed by atoms with Crippen molar-refractivity contribution in [3.05, 3.63) is 128 Å². The van der Waals surface area contributed by atoms with E-state index >= 15 is 0 Å². The molecule has 0 unspecified atom stereocenters. The third-order valence-corrected chi connectivity index (χ3v) is 6.24. The van der Waals surface area contributed by atoms with Crippen LogP contribution in [-0.2, 0) is 0 Å². The Morgan fingerprint density at radius 3 is 1.95 bits per heavy atom. The maximum atomic E-state index is 12.8. The van der Waals surface area contributed by atoms with Gasteiger partial charge in [-0.2, -0.15) is 5.10 Å². The van der Waals surface area contributed by atoms with Crippen LogP contribution in [0, 0.1) is 0 Å². The van der Waals surface area contributed by atoms with Crippen molar-refractivity contribution < 1.29 is 23.9 Å². The topological polar surface area (TPSA) is 94.1 Å². The molecule has 0 fully saturated rings. The number of halogens is 3. The number of hydrogen-bond donors (Lipinski definition) is 1. The first-order valence-electron chi connectivity index (χ1n) is 11.0. The molecule has 4 rings (SSSR count). The van der Waals surface area contributed by atoms with E-state index in [1.165, 1.54) is 48.7 Å². The van der Waals surface area contributed by atoms with E-state index in [0.29, 0.717) is 25.6 Å². The third kappa shape index (κ3) is 7.07. The van der Waals surface area contributed by atoms with Crippen LogP contribution in [-0.4, -0.2) is 24.1 Å². The number of carbonyl (C=O) groups excluding carboxylic acids is 3. The fourth-order valence-electron chi connectivity index (χ4n) is 3.14. The van der Waals surface area contributed by atoms with Crippen molar-refractivity contribution in [2.75, 3.05) is 0 Å². The van der Waals surface area contributed by atoms with E-state index in [2.05, 4.69) is 26.5 Å².